The Balaban J connectivity index is 1.83. The Bertz CT molecular complexity index is 559. The Morgan fingerprint density at radius 2 is 1.89 bits per heavy atom. The normalized spacial score (nSPS) is 9.68. The maximum Gasteiger partial charge on any atom is 0.253 e. The van der Waals surface area contributed by atoms with E-state index in [4.69, 9.17) is 0 Å². The van der Waals surface area contributed by atoms with Crippen molar-refractivity contribution in [3.05, 3.63) is 48.5 Å². The van der Waals surface area contributed by atoms with Gasteiger partial charge in [-0.25, -0.2) is 9.97 Å². The van der Waals surface area contributed by atoms with Crippen LogP contribution in [-0.4, -0.2) is 33.3 Å². The molecule has 2 aromatic rings. The summed E-state index contributed by atoms with van der Waals surface area (Å²) in [5, 5.41) is 4.93. The number of hydrogen-bond donors (Lipinski definition) is 2. The van der Waals surface area contributed by atoms with Crippen LogP contribution in [0.25, 0.3) is 0 Å². The average molecular weight is 257 g/mol. The molecular formula is C12H11N5O2. The van der Waals surface area contributed by atoms with Gasteiger partial charge in [0, 0.05) is 24.8 Å². The van der Waals surface area contributed by atoms with Crippen molar-refractivity contribution in [1.82, 2.24) is 20.3 Å². The maximum absolute atomic E-state index is 11.6. The third-order valence-corrected chi connectivity index (χ3v) is 2.15. The van der Waals surface area contributed by atoms with Gasteiger partial charge < -0.3 is 5.32 Å². The smallest absolute Gasteiger partial charge is 0.253 e. The van der Waals surface area contributed by atoms with E-state index in [9.17, 15) is 9.59 Å². The van der Waals surface area contributed by atoms with Crippen molar-refractivity contribution in [2.45, 2.75) is 0 Å². The Morgan fingerprint density at radius 3 is 2.58 bits per heavy atom. The minimum atomic E-state index is -0.400. The largest absolute Gasteiger partial charge is 0.343 e. The molecular weight excluding hydrogens is 246 g/mol. The number of nitrogens with zero attached hydrogens (tertiary/aromatic N) is 3. The molecule has 0 saturated heterocycles. The highest BCUT2D eigenvalue weighted by molar-refractivity contribution is 5.98. The Morgan fingerprint density at radius 1 is 1.11 bits per heavy atom. The summed E-state index contributed by atoms with van der Waals surface area (Å²) in [4.78, 5) is 34.7. The second-order valence-corrected chi connectivity index (χ2v) is 3.54. The van der Waals surface area contributed by atoms with E-state index < -0.39 is 5.91 Å². The summed E-state index contributed by atoms with van der Waals surface area (Å²) in [7, 11) is 0. The van der Waals surface area contributed by atoms with Crippen LogP contribution in [0.3, 0.4) is 0 Å². The Kier molecular flexibility index (Phi) is 4.12. The Labute approximate surface area is 109 Å². The number of nitrogens with one attached hydrogen (secondary N) is 2. The fraction of sp³-hybridized carbons (Fsp3) is 0.0833. The molecule has 2 amide bonds. The molecule has 2 aromatic heterocycles. The number of carbonyl (C=O) groups is 2. The molecule has 0 bridgehead atoms. The molecule has 0 atom stereocenters. The number of rotatable bonds is 4. The number of aromatic nitrogens is 3. The average Bonchev–Trinajstić information content (AvgIpc) is 2.47. The number of hydrogen-bond acceptors (Lipinski definition) is 5. The van der Waals surface area contributed by atoms with E-state index in [1.54, 1.807) is 24.4 Å². The van der Waals surface area contributed by atoms with Gasteiger partial charge in [-0.2, -0.15) is 0 Å². The van der Waals surface area contributed by atoms with Gasteiger partial charge in [0.1, 0.15) is 0 Å². The van der Waals surface area contributed by atoms with Crippen LogP contribution in [-0.2, 0) is 4.79 Å². The van der Waals surface area contributed by atoms with E-state index in [0.29, 0.717) is 5.56 Å². The van der Waals surface area contributed by atoms with E-state index in [-0.39, 0.29) is 18.4 Å². The molecule has 7 nitrogen and oxygen atoms in total. The van der Waals surface area contributed by atoms with Crippen LogP contribution in [0.4, 0.5) is 5.95 Å². The van der Waals surface area contributed by atoms with Crippen LogP contribution < -0.4 is 10.6 Å². The van der Waals surface area contributed by atoms with Crippen LogP contribution in [0.2, 0.25) is 0 Å². The van der Waals surface area contributed by atoms with Crippen molar-refractivity contribution < 1.29 is 9.59 Å². The van der Waals surface area contributed by atoms with E-state index in [1.807, 2.05) is 0 Å². The van der Waals surface area contributed by atoms with E-state index in [2.05, 4.69) is 25.6 Å². The third-order valence-electron chi connectivity index (χ3n) is 2.15. The quantitative estimate of drug-likeness (QED) is 0.817. The summed E-state index contributed by atoms with van der Waals surface area (Å²) < 4.78 is 0. The third kappa shape index (κ3) is 3.84. The predicted molar refractivity (Wildman–Crippen MR) is 67.2 cm³/mol. The minimum Gasteiger partial charge on any atom is -0.343 e. The molecule has 0 unspecified atom stereocenters. The molecule has 19 heavy (non-hydrogen) atoms. The molecule has 0 aromatic carbocycles. The molecule has 0 radical (unpaired) electrons. The summed E-state index contributed by atoms with van der Waals surface area (Å²) in [5.41, 5.74) is 0.395. The number of pyridine rings is 1. The molecule has 0 fully saturated rings. The summed E-state index contributed by atoms with van der Waals surface area (Å²) in [5.74, 6) is -0.566. The van der Waals surface area contributed by atoms with Gasteiger partial charge in [0.15, 0.2) is 0 Å². The molecule has 0 saturated carbocycles. The van der Waals surface area contributed by atoms with Gasteiger partial charge in [-0.3, -0.25) is 19.9 Å². The topological polar surface area (TPSA) is 96.9 Å². The molecule has 2 heterocycles. The Hall–Kier alpha value is -2.83. The zero-order chi connectivity index (χ0) is 13.5. The van der Waals surface area contributed by atoms with Gasteiger partial charge in [-0.05, 0) is 18.2 Å². The van der Waals surface area contributed by atoms with Gasteiger partial charge >= 0.3 is 0 Å². The SMILES string of the molecule is O=C(CNC(=O)c1cccnc1)Nc1ncccn1. The van der Waals surface area contributed by atoms with Gasteiger partial charge in [0.2, 0.25) is 11.9 Å². The van der Waals surface area contributed by atoms with Crippen LogP contribution in [0.15, 0.2) is 43.0 Å². The molecule has 0 aliphatic carbocycles. The molecule has 0 aliphatic rings. The standard InChI is InChI=1S/C12H11N5O2/c18-10(17-12-14-5-2-6-15-12)8-16-11(19)9-3-1-4-13-7-9/h1-7H,8H2,(H,16,19)(H,14,15,17,18). The molecule has 2 rings (SSSR count). The summed E-state index contributed by atoms with van der Waals surface area (Å²) in [6, 6.07) is 4.90. The lowest BCUT2D eigenvalue weighted by molar-refractivity contribution is -0.115. The molecule has 2 N–H and O–H groups in total. The predicted octanol–water partition coefficient (Wildman–Crippen LogP) is 0.240. The zero-order valence-electron chi connectivity index (χ0n) is 9.91. The number of carbonyl (C=O) groups excluding carboxylic acids is 2. The molecule has 96 valence electrons. The fourth-order valence-corrected chi connectivity index (χ4v) is 1.29. The lowest BCUT2D eigenvalue weighted by atomic mass is 10.3. The van der Waals surface area contributed by atoms with E-state index >= 15 is 0 Å². The van der Waals surface area contributed by atoms with Crippen molar-refractivity contribution in [2.24, 2.45) is 0 Å². The minimum absolute atomic E-state index is 0.161. The van der Waals surface area contributed by atoms with E-state index in [1.165, 1.54) is 18.6 Å². The zero-order valence-corrected chi connectivity index (χ0v) is 9.91. The molecule has 7 heteroatoms. The highest BCUT2D eigenvalue weighted by Gasteiger charge is 2.08. The van der Waals surface area contributed by atoms with Crippen molar-refractivity contribution in [1.29, 1.82) is 0 Å². The lowest BCUT2D eigenvalue weighted by Crippen LogP contribution is -2.33. The second kappa shape index (κ2) is 6.20. The number of anilines is 1. The lowest BCUT2D eigenvalue weighted by Gasteiger charge is -2.05. The monoisotopic (exact) mass is 257 g/mol. The first-order valence-electron chi connectivity index (χ1n) is 5.51. The van der Waals surface area contributed by atoms with Crippen LogP contribution in [0.5, 0.6) is 0 Å². The summed E-state index contributed by atoms with van der Waals surface area (Å²) in [6.07, 6.45) is 6.01. The summed E-state index contributed by atoms with van der Waals surface area (Å²) >= 11 is 0. The van der Waals surface area contributed by atoms with Crippen LogP contribution >= 0.6 is 0 Å². The van der Waals surface area contributed by atoms with Gasteiger partial charge in [0.05, 0.1) is 12.1 Å². The fourth-order valence-electron chi connectivity index (χ4n) is 1.29. The summed E-state index contributed by atoms with van der Waals surface area (Å²) in [6.45, 7) is -0.161. The molecule has 0 aliphatic heterocycles. The highest BCUT2D eigenvalue weighted by atomic mass is 16.2. The number of amides is 2. The first-order valence-corrected chi connectivity index (χ1v) is 5.51. The van der Waals surface area contributed by atoms with Gasteiger partial charge in [-0.15, -0.1) is 0 Å². The first-order chi connectivity index (χ1) is 9.25. The highest BCUT2D eigenvalue weighted by Crippen LogP contribution is 1.95. The van der Waals surface area contributed by atoms with Crippen molar-refractivity contribution in [2.75, 3.05) is 11.9 Å². The van der Waals surface area contributed by atoms with Crippen molar-refractivity contribution in [3.63, 3.8) is 0 Å². The van der Waals surface area contributed by atoms with Crippen LogP contribution in [0, 0.1) is 0 Å². The second-order valence-electron chi connectivity index (χ2n) is 3.54. The van der Waals surface area contributed by atoms with Gasteiger partial charge in [0.25, 0.3) is 5.91 Å². The first kappa shape index (κ1) is 12.6. The van der Waals surface area contributed by atoms with E-state index in [0.717, 1.165) is 0 Å². The molecule has 0 spiro atoms. The van der Waals surface area contributed by atoms with Crippen molar-refractivity contribution >= 4 is 17.8 Å². The maximum atomic E-state index is 11.6. The van der Waals surface area contributed by atoms with Crippen molar-refractivity contribution in [3.8, 4) is 0 Å². The van der Waals surface area contributed by atoms with Gasteiger partial charge in [-0.1, -0.05) is 0 Å². The van der Waals surface area contributed by atoms with Crippen LogP contribution in [0.1, 0.15) is 10.4 Å².